The molecular formula is C29H37FN2O7. The maximum atomic E-state index is 13.7. The second kappa shape index (κ2) is 12.8. The molecule has 2 aromatic carbocycles. The zero-order valence-corrected chi connectivity index (χ0v) is 22.8. The summed E-state index contributed by atoms with van der Waals surface area (Å²) in [5, 5.41) is 2.82. The van der Waals surface area contributed by atoms with E-state index in [1.807, 2.05) is 37.3 Å². The van der Waals surface area contributed by atoms with Gasteiger partial charge >= 0.3 is 12.0 Å². The lowest BCUT2D eigenvalue weighted by atomic mass is 9.98. The SMILES string of the molecule is CCCCN(C(=O)Nc1ccc(F)cc1)[C@@H](CC(=O)OCC)C1O[C@@H]2OC(C)(C)O[C@@H]2[C@H]1Oc1ccccc1. The average Bonchev–Trinajstić information content (AvgIpc) is 3.37. The summed E-state index contributed by atoms with van der Waals surface area (Å²) in [6.07, 6.45) is -1.46. The number of halogens is 1. The van der Waals surface area contributed by atoms with Gasteiger partial charge in [-0.05, 0) is 63.6 Å². The van der Waals surface area contributed by atoms with Crippen molar-refractivity contribution in [1.29, 1.82) is 0 Å². The highest BCUT2D eigenvalue weighted by atomic mass is 19.1. The van der Waals surface area contributed by atoms with E-state index in [9.17, 15) is 14.0 Å². The summed E-state index contributed by atoms with van der Waals surface area (Å²) in [4.78, 5) is 28.1. The van der Waals surface area contributed by atoms with Gasteiger partial charge in [0.15, 0.2) is 24.3 Å². The fourth-order valence-corrected chi connectivity index (χ4v) is 4.87. The highest BCUT2D eigenvalue weighted by Gasteiger charge is 2.59. The number of carbonyl (C=O) groups excluding carboxylic acids is 2. The molecular weight excluding hydrogens is 507 g/mol. The van der Waals surface area contributed by atoms with Crippen LogP contribution in [-0.2, 0) is 23.7 Å². The number of nitrogens with zero attached hydrogens (tertiary/aromatic N) is 1. The third kappa shape index (κ3) is 7.26. The Hall–Kier alpha value is -3.21. The van der Waals surface area contributed by atoms with Crippen molar-refractivity contribution in [2.75, 3.05) is 18.5 Å². The van der Waals surface area contributed by atoms with Gasteiger partial charge in [0.2, 0.25) is 0 Å². The van der Waals surface area contributed by atoms with Crippen molar-refractivity contribution in [3.05, 3.63) is 60.4 Å². The number of fused-ring (bicyclic) bond motifs is 1. The van der Waals surface area contributed by atoms with E-state index in [2.05, 4.69) is 5.32 Å². The molecule has 9 nitrogen and oxygen atoms in total. The van der Waals surface area contributed by atoms with Gasteiger partial charge in [-0.2, -0.15) is 0 Å². The van der Waals surface area contributed by atoms with Crippen molar-refractivity contribution in [2.24, 2.45) is 0 Å². The minimum atomic E-state index is -0.892. The Labute approximate surface area is 228 Å². The molecule has 0 aromatic heterocycles. The number of esters is 1. The molecule has 2 aliphatic heterocycles. The molecule has 2 aromatic rings. The van der Waals surface area contributed by atoms with Crippen LogP contribution in [0.1, 0.15) is 47.0 Å². The second-order valence-corrected chi connectivity index (χ2v) is 10.0. The van der Waals surface area contributed by atoms with E-state index in [0.717, 1.165) is 6.42 Å². The van der Waals surface area contributed by atoms with Crippen molar-refractivity contribution in [2.45, 2.75) is 83.4 Å². The number of para-hydroxylation sites is 1. The average molecular weight is 545 g/mol. The van der Waals surface area contributed by atoms with Crippen LogP contribution in [0.2, 0.25) is 0 Å². The van der Waals surface area contributed by atoms with Crippen LogP contribution >= 0.6 is 0 Å². The Kier molecular flexibility index (Phi) is 9.42. The third-order valence-corrected chi connectivity index (χ3v) is 6.61. The molecule has 1 unspecified atom stereocenters. The van der Waals surface area contributed by atoms with Crippen LogP contribution in [0.3, 0.4) is 0 Å². The van der Waals surface area contributed by atoms with Crippen molar-refractivity contribution < 1.29 is 37.7 Å². The lowest BCUT2D eigenvalue weighted by Crippen LogP contribution is -2.55. The van der Waals surface area contributed by atoms with Crippen LogP contribution in [0.4, 0.5) is 14.9 Å². The van der Waals surface area contributed by atoms with Gasteiger partial charge in [0.1, 0.15) is 17.7 Å². The molecule has 2 aliphatic rings. The molecule has 0 radical (unpaired) electrons. The van der Waals surface area contributed by atoms with E-state index in [-0.39, 0.29) is 13.0 Å². The number of nitrogens with one attached hydrogen (secondary N) is 1. The standard InChI is InChI=1S/C29H37FN2O7/c1-5-7-17-32(28(34)31-20-15-13-19(30)14-16-20)22(18-23(33)35-6-2)24-25(36-21-11-9-8-10-12-21)26-27(37-24)39-29(3,4)38-26/h8-16,22,24-27H,5-7,17-18H2,1-4H3,(H,31,34)/t22-,24?,25-,26+,27+/m0/s1. The summed E-state index contributed by atoms with van der Waals surface area (Å²) in [6.45, 7) is 7.87. The first kappa shape index (κ1) is 28.8. The van der Waals surface area contributed by atoms with E-state index in [4.69, 9.17) is 23.7 Å². The third-order valence-electron chi connectivity index (χ3n) is 6.61. The number of hydrogen-bond donors (Lipinski definition) is 1. The van der Waals surface area contributed by atoms with Crippen LogP contribution in [-0.4, -0.2) is 66.5 Å². The molecule has 2 heterocycles. The molecule has 5 atom stereocenters. The minimum Gasteiger partial charge on any atom is -0.485 e. The highest BCUT2D eigenvalue weighted by molar-refractivity contribution is 5.90. The Bertz CT molecular complexity index is 1100. The number of amides is 2. The highest BCUT2D eigenvalue weighted by Crippen LogP contribution is 2.41. The molecule has 212 valence electrons. The maximum absolute atomic E-state index is 13.7. The van der Waals surface area contributed by atoms with Crippen LogP contribution < -0.4 is 10.1 Å². The first-order chi connectivity index (χ1) is 18.7. The lowest BCUT2D eigenvalue weighted by molar-refractivity contribution is -0.219. The maximum Gasteiger partial charge on any atom is 0.322 e. The Morgan fingerprint density at radius 2 is 1.79 bits per heavy atom. The van der Waals surface area contributed by atoms with Crippen molar-refractivity contribution in [3.63, 3.8) is 0 Å². The number of rotatable bonds is 11. The minimum absolute atomic E-state index is 0.128. The van der Waals surface area contributed by atoms with Gasteiger partial charge in [-0.1, -0.05) is 31.5 Å². The van der Waals surface area contributed by atoms with Gasteiger partial charge in [-0.25, -0.2) is 9.18 Å². The molecule has 0 aliphatic carbocycles. The van der Waals surface area contributed by atoms with Gasteiger partial charge in [0.05, 0.1) is 19.1 Å². The molecule has 39 heavy (non-hydrogen) atoms. The molecule has 2 saturated heterocycles. The number of carbonyl (C=O) groups is 2. The summed E-state index contributed by atoms with van der Waals surface area (Å²) in [5.74, 6) is -1.18. The number of unbranched alkanes of at least 4 members (excludes halogenated alkanes) is 1. The van der Waals surface area contributed by atoms with Gasteiger partial charge in [0.25, 0.3) is 0 Å². The molecule has 4 rings (SSSR count). The molecule has 0 spiro atoms. The van der Waals surface area contributed by atoms with E-state index in [1.54, 1.807) is 25.7 Å². The predicted molar refractivity (Wildman–Crippen MR) is 142 cm³/mol. The number of ether oxygens (including phenoxy) is 5. The Morgan fingerprint density at radius 1 is 1.08 bits per heavy atom. The number of benzene rings is 2. The molecule has 1 N–H and O–H groups in total. The van der Waals surface area contributed by atoms with E-state index >= 15 is 0 Å². The second-order valence-electron chi connectivity index (χ2n) is 10.0. The lowest BCUT2D eigenvalue weighted by Gasteiger charge is -2.38. The van der Waals surface area contributed by atoms with Crippen molar-refractivity contribution in [1.82, 2.24) is 4.90 Å². The summed E-state index contributed by atoms with van der Waals surface area (Å²) < 4.78 is 43.7. The number of urea groups is 1. The number of anilines is 1. The Balaban J connectivity index is 1.68. The summed E-state index contributed by atoms with van der Waals surface area (Å²) in [7, 11) is 0. The van der Waals surface area contributed by atoms with E-state index < -0.39 is 54.2 Å². The molecule has 2 fully saturated rings. The van der Waals surface area contributed by atoms with Gasteiger partial charge in [-0.15, -0.1) is 0 Å². The smallest absolute Gasteiger partial charge is 0.322 e. The fourth-order valence-electron chi connectivity index (χ4n) is 4.87. The van der Waals surface area contributed by atoms with Gasteiger partial charge in [-0.3, -0.25) is 4.79 Å². The Morgan fingerprint density at radius 3 is 2.46 bits per heavy atom. The van der Waals surface area contributed by atoms with E-state index in [1.165, 1.54) is 24.3 Å². The first-order valence-electron chi connectivity index (χ1n) is 13.4. The normalized spacial score (nSPS) is 24.0. The van der Waals surface area contributed by atoms with Crippen LogP contribution in [0.15, 0.2) is 54.6 Å². The molecule has 0 saturated carbocycles. The molecule has 10 heteroatoms. The molecule has 2 amide bonds. The predicted octanol–water partition coefficient (Wildman–Crippen LogP) is 5.11. The zero-order chi connectivity index (χ0) is 28.0. The largest absolute Gasteiger partial charge is 0.485 e. The summed E-state index contributed by atoms with van der Waals surface area (Å²) in [5.41, 5.74) is 0.424. The zero-order valence-electron chi connectivity index (χ0n) is 22.8. The van der Waals surface area contributed by atoms with Crippen LogP contribution in [0.5, 0.6) is 5.75 Å². The quantitative estimate of drug-likeness (QED) is 0.393. The first-order valence-corrected chi connectivity index (χ1v) is 13.4. The van der Waals surface area contributed by atoms with Crippen molar-refractivity contribution >= 4 is 17.7 Å². The molecule has 0 bridgehead atoms. The summed E-state index contributed by atoms with van der Waals surface area (Å²) in [6, 6.07) is 13.5. The van der Waals surface area contributed by atoms with Crippen LogP contribution in [0.25, 0.3) is 0 Å². The van der Waals surface area contributed by atoms with Gasteiger partial charge in [0, 0.05) is 12.2 Å². The van der Waals surface area contributed by atoms with Crippen LogP contribution in [0, 0.1) is 5.82 Å². The summed E-state index contributed by atoms with van der Waals surface area (Å²) >= 11 is 0. The number of hydrogen-bond acceptors (Lipinski definition) is 7. The topological polar surface area (TPSA) is 95.6 Å². The monoisotopic (exact) mass is 544 g/mol. The van der Waals surface area contributed by atoms with E-state index in [0.29, 0.717) is 24.4 Å². The van der Waals surface area contributed by atoms with Crippen molar-refractivity contribution in [3.8, 4) is 5.75 Å². The van der Waals surface area contributed by atoms with Gasteiger partial charge < -0.3 is 33.9 Å². The fraction of sp³-hybridized carbons (Fsp3) is 0.517.